The highest BCUT2D eigenvalue weighted by molar-refractivity contribution is 7.11. The van der Waals surface area contributed by atoms with Crippen LogP contribution >= 0.6 is 22.7 Å². The van der Waals surface area contributed by atoms with Crippen LogP contribution in [0.1, 0.15) is 34.2 Å². The second kappa shape index (κ2) is 4.18. The molecule has 0 bridgehead atoms. The lowest BCUT2D eigenvalue weighted by Crippen LogP contribution is -1.96. The number of hydrogen-bond donors (Lipinski definition) is 1. The lowest BCUT2D eigenvalue weighted by atomic mass is 10.3. The zero-order chi connectivity index (χ0) is 11.0. The van der Waals surface area contributed by atoms with Crippen molar-refractivity contribution in [1.82, 2.24) is 4.98 Å². The zero-order valence-electron chi connectivity index (χ0n) is 9.19. The predicted molar refractivity (Wildman–Crippen MR) is 70.5 cm³/mol. The van der Waals surface area contributed by atoms with E-state index in [9.17, 15) is 0 Å². The number of rotatable bonds is 4. The molecule has 3 rings (SSSR count). The first-order valence-electron chi connectivity index (χ1n) is 5.54. The SMILES string of the molecule is Cc1cscc1NCc1cnc(C2CC2)s1. The number of thiophene rings is 1. The summed E-state index contributed by atoms with van der Waals surface area (Å²) in [6, 6.07) is 0. The number of nitrogens with zero attached hydrogens (tertiary/aromatic N) is 1. The Kier molecular flexibility index (Phi) is 2.69. The third-order valence-electron chi connectivity index (χ3n) is 2.81. The molecule has 0 spiro atoms. The van der Waals surface area contributed by atoms with Crippen LogP contribution in [0.4, 0.5) is 5.69 Å². The summed E-state index contributed by atoms with van der Waals surface area (Å²) in [5.74, 6) is 0.779. The van der Waals surface area contributed by atoms with Crippen molar-refractivity contribution < 1.29 is 0 Å². The topological polar surface area (TPSA) is 24.9 Å². The number of thiazole rings is 1. The second-order valence-corrected chi connectivity index (χ2v) is 6.15. The van der Waals surface area contributed by atoms with Gasteiger partial charge in [0.2, 0.25) is 0 Å². The van der Waals surface area contributed by atoms with E-state index in [1.165, 1.54) is 34.0 Å². The van der Waals surface area contributed by atoms with Crippen molar-refractivity contribution in [2.75, 3.05) is 5.32 Å². The third-order valence-corrected chi connectivity index (χ3v) is 4.83. The Morgan fingerprint density at radius 2 is 2.31 bits per heavy atom. The van der Waals surface area contributed by atoms with Gasteiger partial charge in [-0.3, -0.25) is 0 Å². The summed E-state index contributed by atoms with van der Waals surface area (Å²) in [6.07, 6.45) is 4.70. The molecule has 0 atom stereocenters. The van der Waals surface area contributed by atoms with Gasteiger partial charge in [-0.1, -0.05) is 0 Å². The summed E-state index contributed by atoms with van der Waals surface area (Å²) >= 11 is 3.61. The molecule has 2 heterocycles. The molecule has 0 saturated heterocycles. The van der Waals surface area contributed by atoms with Gasteiger partial charge in [-0.2, -0.15) is 0 Å². The summed E-state index contributed by atoms with van der Waals surface area (Å²) in [6.45, 7) is 3.04. The van der Waals surface area contributed by atoms with Crippen molar-refractivity contribution in [2.24, 2.45) is 0 Å². The highest BCUT2D eigenvalue weighted by Crippen LogP contribution is 2.41. The quantitative estimate of drug-likeness (QED) is 0.887. The molecule has 0 radical (unpaired) electrons. The lowest BCUT2D eigenvalue weighted by molar-refractivity contribution is 1.08. The van der Waals surface area contributed by atoms with Crippen molar-refractivity contribution in [3.8, 4) is 0 Å². The Morgan fingerprint density at radius 3 is 3.00 bits per heavy atom. The van der Waals surface area contributed by atoms with Crippen molar-refractivity contribution in [1.29, 1.82) is 0 Å². The van der Waals surface area contributed by atoms with Crippen LogP contribution in [0.25, 0.3) is 0 Å². The number of aromatic nitrogens is 1. The van der Waals surface area contributed by atoms with Gasteiger partial charge < -0.3 is 5.32 Å². The third kappa shape index (κ3) is 2.13. The number of hydrogen-bond acceptors (Lipinski definition) is 4. The Hall–Kier alpha value is -0.870. The molecule has 1 saturated carbocycles. The summed E-state index contributed by atoms with van der Waals surface area (Å²) in [4.78, 5) is 5.82. The summed E-state index contributed by atoms with van der Waals surface area (Å²) in [5.41, 5.74) is 2.59. The normalized spacial score (nSPS) is 15.3. The molecule has 1 fully saturated rings. The minimum Gasteiger partial charge on any atom is -0.379 e. The van der Waals surface area contributed by atoms with Gasteiger partial charge in [0, 0.05) is 28.1 Å². The van der Waals surface area contributed by atoms with Crippen molar-refractivity contribution in [2.45, 2.75) is 32.2 Å². The van der Waals surface area contributed by atoms with Gasteiger partial charge in [-0.15, -0.1) is 22.7 Å². The van der Waals surface area contributed by atoms with Gasteiger partial charge >= 0.3 is 0 Å². The molecule has 0 aliphatic heterocycles. The second-order valence-electron chi connectivity index (χ2n) is 4.26. The number of nitrogens with one attached hydrogen (secondary N) is 1. The Morgan fingerprint density at radius 1 is 1.44 bits per heavy atom. The maximum absolute atomic E-state index is 4.48. The van der Waals surface area contributed by atoms with Gasteiger partial charge in [0.25, 0.3) is 0 Å². The van der Waals surface area contributed by atoms with E-state index in [2.05, 4.69) is 28.0 Å². The largest absolute Gasteiger partial charge is 0.379 e. The van der Waals surface area contributed by atoms with Crippen LogP contribution in [0.5, 0.6) is 0 Å². The standard InChI is InChI=1S/C12H14N2S2/c1-8-6-15-7-11(8)13-4-10-5-14-12(16-10)9-2-3-9/h5-7,9,13H,2-4H2,1H3. The van der Waals surface area contributed by atoms with Crippen molar-refractivity contribution in [3.63, 3.8) is 0 Å². The van der Waals surface area contributed by atoms with Gasteiger partial charge in [0.15, 0.2) is 0 Å². The Bertz CT molecular complexity index is 483. The number of aryl methyl sites for hydroxylation is 1. The van der Waals surface area contributed by atoms with Crippen molar-refractivity contribution >= 4 is 28.4 Å². The first-order chi connectivity index (χ1) is 7.83. The van der Waals surface area contributed by atoms with Crippen LogP contribution in [-0.2, 0) is 6.54 Å². The van der Waals surface area contributed by atoms with Gasteiger partial charge in [0.1, 0.15) is 0 Å². The van der Waals surface area contributed by atoms with Crippen LogP contribution in [0.15, 0.2) is 17.0 Å². The van der Waals surface area contributed by atoms with E-state index in [0.29, 0.717) is 0 Å². The van der Waals surface area contributed by atoms with Crippen LogP contribution in [0, 0.1) is 6.92 Å². The maximum Gasteiger partial charge on any atom is 0.0959 e. The molecule has 0 aromatic carbocycles. The average Bonchev–Trinajstić information content (AvgIpc) is 2.89. The zero-order valence-corrected chi connectivity index (χ0v) is 10.8. The average molecular weight is 250 g/mol. The van der Waals surface area contributed by atoms with E-state index >= 15 is 0 Å². The lowest BCUT2D eigenvalue weighted by Gasteiger charge is -2.02. The fourth-order valence-corrected chi connectivity index (χ4v) is 3.48. The van der Waals surface area contributed by atoms with E-state index in [1.54, 1.807) is 11.3 Å². The van der Waals surface area contributed by atoms with Crippen LogP contribution < -0.4 is 5.32 Å². The van der Waals surface area contributed by atoms with Crippen LogP contribution in [0.3, 0.4) is 0 Å². The van der Waals surface area contributed by atoms with E-state index in [4.69, 9.17) is 0 Å². The Balaban J connectivity index is 1.63. The van der Waals surface area contributed by atoms with E-state index < -0.39 is 0 Å². The molecule has 4 heteroatoms. The van der Waals surface area contributed by atoms with Gasteiger partial charge in [-0.05, 0) is 30.7 Å². The highest BCUT2D eigenvalue weighted by Gasteiger charge is 2.26. The van der Waals surface area contributed by atoms with E-state index in [0.717, 1.165) is 12.5 Å². The first-order valence-corrected chi connectivity index (χ1v) is 7.30. The molecule has 16 heavy (non-hydrogen) atoms. The molecule has 0 amide bonds. The monoisotopic (exact) mass is 250 g/mol. The fourth-order valence-electron chi connectivity index (χ4n) is 1.65. The fraction of sp³-hybridized carbons (Fsp3) is 0.417. The summed E-state index contributed by atoms with van der Waals surface area (Å²) in [7, 11) is 0. The molecule has 2 aromatic rings. The number of anilines is 1. The molecule has 2 aromatic heterocycles. The van der Waals surface area contributed by atoms with Crippen LogP contribution in [-0.4, -0.2) is 4.98 Å². The van der Waals surface area contributed by atoms with Gasteiger partial charge in [-0.25, -0.2) is 4.98 Å². The minimum atomic E-state index is 0.779. The molecule has 1 N–H and O–H groups in total. The molecular formula is C12H14N2S2. The Labute approximate surface area is 103 Å². The molecule has 0 unspecified atom stereocenters. The summed E-state index contributed by atoms with van der Waals surface area (Å²) in [5, 5.41) is 9.13. The molecule has 1 aliphatic carbocycles. The first kappa shape index (κ1) is 10.3. The van der Waals surface area contributed by atoms with E-state index in [1.807, 2.05) is 17.5 Å². The molecule has 2 nitrogen and oxygen atoms in total. The molecule has 84 valence electrons. The van der Waals surface area contributed by atoms with Crippen molar-refractivity contribution in [3.05, 3.63) is 32.4 Å². The smallest absolute Gasteiger partial charge is 0.0959 e. The molecular weight excluding hydrogens is 236 g/mol. The summed E-state index contributed by atoms with van der Waals surface area (Å²) < 4.78 is 0. The highest BCUT2D eigenvalue weighted by atomic mass is 32.1. The maximum atomic E-state index is 4.48. The molecule has 1 aliphatic rings. The minimum absolute atomic E-state index is 0.779. The predicted octanol–water partition coefficient (Wildman–Crippen LogP) is 4.00. The van der Waals surface area contributed by atoms with Crippen LogP contribution in [0.2, 0.25) is 0 Å². The van der Waals surface area contributed by atoms with Gasteiger partial charge in [0.05, 0.1) is 11.6 Å². The van der Waals surface area contributed by atoms with E-state index in [-0.39, 0.29) is 0 Å².